The number of carbonyl (C=O) groups excluding carboxylic acids is 1. The van der Waals surface area contributed by atoms with E-state index in [4.69, 9.17) is 0 Å². The molecule has 0 aromatic carbocycles. The molecule has 0 saturated heterocycles. The Morgan fingerprint density at radius 2 is 2.21 bits per heavy atom. The van der Waals surface area contributed by atoms with Gasteiger partial charge in [-0.3, -0.25) is 9.78 Å². The molecule has 96 valence electrons. The van der Waals surface area contributed by atoms with Gasteiger partial charge in [0.2, 0.25) is 0 Å². The van der Waals surface area contributed by atoms with Crippen molar-refractivity contribution in [3.8, 4) is 5.69 Å². The van der Waals surface area contributed by atoms with E-state index in [0.717, 1.165) is 23.5 Å². The fourth-order valence-electron chi connectivity index (χ4n) is 2.48. The van der Waals surface area contributed by atoms with E-state index in [1.165, 1.54) is 12.8 Å². The largest absolute Gasteiger partial charge is 0.352 e. The highest BCUT2D eigenvalue weighted by molar-refractivity contribution is 5.96. The summed E-state index contributed by atoms with van der Waals surface area (Å²) in [5.74, 6) is 0.605. The number of imidazole rings is 1. The molecule has 1 N–H and O–H groups in total. The van der Waals surface area contributed by atoms with Crippen molar-refractivity contribution in [3.05, 3.63) is 41.7 Å². The molecule has 2 aromatic rings. The highest BCUT2D eigenvalue weighted by atomic mass is 16.1. The fraction of sp³-hybridized carbons (Fsp3) is 0.357. The Morgan fingerprint density at radius 3 is 3.05 bits per heavy atom. The minimum atomic E-state index is -0.0295. The lowest BCUT2D eigenvalue weighted by Crippen LogP contribution is -2.32. The number of hydrogen-bond acceptors (Lipinski definition) is 3. The van der Waals surface area contributed by atoms with Crippen LogP contribution in [0.5, 0.6) is 0 Å². The van der Waals surface area contributed by atoms with E-state index in [1.807, 2.05) is 23.0 Å². The third-order valence-electron chi connectivity index (χ3n) is 3.74. The SMILES string of the molecule is O=C1NCCc2ncc(-n3cnc(C4CC4)c3)cc21. The number of nitrogens with one attached hydrogen (secondary N) is 1. The van der Waals surface area contributed by atoms with Gasteiger partial charge in [-0.15, -0.1) is 0 Å². The third kappa shape index (κ3) is 1.82. The van der Waals surface area contributed by atoms with Crippen LogP contribution in [0.4, 0.5) is 0 Å². The monoisotopic (exact) mass is 254 g/mol. The van der Waals surface area contributed by atoms with E-state index in [1.54, 1.807) is 6.33 Å². The zero-order valence-corrected chi connectivity index (χ0v) is 10.5. The Kier molecular flexibility index (Phi) is 2.21. The molecule has 3 heterocycles. The van der Waals surface area contributed by atoms with Crippen LogP contribution in [0.3, 0.4) is 0 Å². The van der Waals surface area contributed by atoms with Crippen molar-refractivity contribution in [1.29, 1.82) is 0 Å². The fourth-order valence-corrected chi connectivity index (χ4v) is 2.48. The second-order valence-corrected chi connectivity index (χ2v) is 5.17. The van der Waals surface area contributed by atoms with E-state index in [-0.39, 0.29) is 5.91 Å². The summed E-state index contributed by atoms with van der Waals surface area (Å²) >= 11 is 0. The van der Waals surface area contributed by atoms with Crippen molar-refractivity contribution >= 4 is 5.91 Å². The Labute approximate surface area is 110 Å². The first-order valence-electron chi connectivity index (χ1n) is 6.62. The molecular weight excluding hydrogens is 240 g/mol. The molecule has 4 rings (SSSR count). The van der Waals surface area contributed by atoms with Gasteiger partial charge in [-0.25, -0.2) is 4.98 Å². The first kappa shape index (κ1) is 10.7. The average Bonchev–Trinajstić information content (AvgIpc) is 3.17. The molecule has 0 spiro atoms. The molecule has 0 bridgehead atoms. The number of carbonyl (C=O) groups is 1. The van der Waals surface area contributed by atoms with Gasteiger partial charge in [-0.05, 0) is 18.9 Å². The van der Waals surface area contributed by atoms with Crippen LogP contribution in [0.2, 0.25) is 0 Å². The summed E-state index contributed by atoms with van der Waals surface area (Å²) in [7, 11) is 0. The van der Waals surface area contributed by atoms with Crippen molar-refractivity contribution in [3.63, 3.8) is 0 Å². The lowest BCUT2D eigenvalue weighted by atomic mass is 10.1. The lowest BCUT2D eigenvalue weighted by Gasteiger charge is -2.16. The normalized spacial score (nSPS) is 18.0. The summed E-state index contributed by atoms with van der Waals surface area (Å²) < 4.78 is 1.95. The van der Waals surface area contributed by atoms with Crippen LogP contribution in [-0.2, 0) is 6.42 Å². The number of rotatable bonds is 2. The van der Waals surface area contributed by atoms with Gasteiger partial charge in [0, 0.05) is 25.1 Å². The maximum Gasteiger partial charge on any atom is 0.253 e. The van der Waals surface area contributed by atoms with Crippen LogP contribution in [0.1, 0.15) is 40.5 Å². The Bertz CT molecular complexity index is 657. The van der Waals surface area contributed by atoms with E-state index < -0.39 is 0 Å². The van der Waals surface area contributed by atoms with Gasteiger partial charge in [0.25, 0.3) is 5.91 Å². The summed E-state index contributed by atoms with van der Waals surface area (Å²) in [6.45, 7) is 0.676. The topological polar surface area (TPSA) is 59.8 Å². The summed E-state index contributed by atoms with van der Waals surface area (Å²) in [4.78, 5) is 20.6. The lowest BCUT2D eigenvalue weighted by molar-refractivity contribution is 0.0945. The van der Waals surface area contributed by atoms with Gasteiger partial charge in [0.15, 0.2) is 0 Å². The molecule has 1 saturated carbocycles. The molecule has 2 aliphatic rings. The Morgan fingerprint density at radius 1 is 1.32 bits per heavy atom. The number of amides is 1. The van der Waals surface area contributed by atoms with Gasteiger partial charge in [-0.2, -0.15) is 0 Å². The molecule has 2 aromatic heterocycles. The zero-order valence-electron chi connectivity index (χ0n) is 10.5. The van der Waals surface area contributed by atoms with Crippen LogP contribution >= 0.6 is 0 Å². The molecule has 0 atom stereocenters. The minimum absolute atomic E-state index is 0.0295. The van der Waals surface area contributed by atoms with Gasteiger partial charge >= 0.3 is 0 Å². The second-order valence-electron chi connectivity index (χ2n) is 5.17. The van der Waals surface area contributed by atoms with Crippen LogP contribution in [0.15, 0.2) is 24.8 Å². The van der Waals surface area contributed by atoms with Gasteiger partial charge in [0.1, 0.15) is 0 Å². The van der Waals surface area contributed by atoms with Gasteiger partial charge in [-0.1, -0.05) is 0 Å². The summed E-state index contributed by atoms with van der Waals surface area (Å²) in [6, 6.07) is 1.90. The van der Waals surface area contributed by atoms with E-state index in [9.17, 15) is 4.79 Å². The maximum absolute atomic E-state index is 11.8. The molecule has 0 radical (unpaired) electrons. The Balaban J connectivity index is 1.74. The Hall–Kier alpha value is -2.17. The molecule has 1 aliphatic heterocycles. The molecule has 1 fully saturated rings. The summed E-state index contributed by atoms with van der Waals surface area (Å²) in [5.41, 5.74) is 3.61. The first-order chi connectivity index (χ1) is 9.31. The van der Waals surface area contributed by atoms with Crippen LogP contribution in [0.25, 0.3) is 5.69 Å². The van der Waals surface area contributed by atoms with Gasteiger partial charge in [0.05, 0.1) is 35.2 Å². The maximum atomic E-state index is 11.8. The minimum Gasteiger partial charge on any atom is -0.352 e. The van der Waals surface area contributed by atoms with Crippen LogP contribution in [0, 0.1) is 0 Å². The third-order valence-corrected chi connectivity index (χ3v) is 3.74. The zero-order chi connectivity index (χ0) is 12.8. The summed E-state index contributed by atoms with van der Waals surface area (Å²) in [6.07, 6.45) is 8.94. The number of fused-ring (bicyclic) bond motifs is 1. The standard InChI is InChI=1S/C14H14N4O/c19-14-11-5-10(6-16-12(11)3-4-15-14)18-7-13(17-8-18)9-1-2-9/h5-9H,1-4H2,(H,15,19). The number of nitrogens with zero attached hydrogens (tertiary/aromatic N) is 3. The molecule has 5 nitrogen and oxygen atoms in total. The first-order valence-corrected chi connectivity index (χ1v) is 6.62. The molecule has 1 aliphatic carbocycles. The van der Waals surface area contributed by atoms with Crippen molar-refractivity contribution in [1.82, 2.24) is 19.9 Å². The van der Waals surface area contributed by atoms with E-state index in [0.29, 0.717) is 18.0 Å². The van der Waals surface area contributed by atoms with Crippen molar-refractivity contribution in [2.24, 2.45) is 0 Å². The molecule has 19 heavy (non-hydrogen) atoms. The van der Waals surface area contributed by atoms with Crippen LogP contribution < -0.4 is 5.32 Å². The highest BCUT2D eigenvalue weighted by Gasteiger charge is 2.26. The average molecular weight is 254 g/mol. The number of hydrogen-bond donors (Lipinski definition) is 1. The molecule has 1 amide bonds. The molecule has 5 heteroatoms. The number of aromatic nitrogens is 3. The predicted molar refractivity (Wildman–Crippen MR) is 69.4 cm³/mol. The van der Waals surface area contributed by atoms with Crippen molar-refractivity contribution < 1.29 is 4.79 Å². The van der Waals surface area contributed by atoms with Crippen LogP contribution in [-0.4, -0.2) is 27.0 Å². The predicted octanol–water partition coefficient (Wildman–Crippen LogP) is 1.43. The van der Waals surface area contributed by atoms with Gasteiger partial charge < -0.3 is 9.88 Å². The quantitative estimate of drug-likeness (QED) is 0.882. The van der Waals surface area contributed by atoms with E-state index in [2.05, 4.69) is 15.3 Å². The highest BCUT2D eigenvalue weighted by Crippen LogP contribution is 2.39. The molecule has 0 unspecified atom stereocenters. The number of pyridine rings is 1. The van der Waals surface area contributed by atoms with E-state index >= 15 is 0 Å². The second kappa shape index (κ2) is 3.91. The smallest absolute Gasteiger partial charge is 0.253 e. The van der Waals surface area contributed by atoms with Crippen molar-refractivity contribution in [2.75, 3.05) is 6.54 Å². The van der Waals surface area contributed by atoms with Crippen molar-refractivity contribution in [2.45, 2.75) is 25.2 Å². The molecular formula is C14H14N4O. The summed E-state index contributed by atoms with van der Waals surface area (Å²) in [5, 5.41) is 2.85.